The zero-order valence-electron chi connectivity index (χ0n) is 11.6. The third-order valence-electron chi connectivity index (χ3n) is 3.99. The van der Waals surface area contributed by atoms with Gasteiger partial charge in [0, 0.05) is 11.3 Å². The molecule has 0 spiro atoms. The van der Waals surface area contributed by atoms with Crippen molar-refractivity contribution in [3.05, 3.63) is 57.3 Å². The Balaban J connectivity index is 2.34. The molecule has 0 atom stereocenters. The first-order valence-electron chi connectivity index (χ1n) is 7.15. The average molecular weight is 282 g/mol. The Morgan fingerprint density at radius 1 is 1.19 bits per heavy atom. The van der Waals surface area contributed by atoms with Crippen molar-refractivity contribution in [2.45, 2.75) is 32.1 Å². The number of hydrogen-bond donors (Lipinski definition) is 1. The van der Waals surface area contributed by atoms with Gasteiger partial charge in [0.1, 0.15) is 17.4 Å². The van der Waals surface area contributed by atoms with Crippen LogP contribution in [0.25, 0.3) is 11.1 Å². The van der Waals surface area contributed by atoms with Crippen molar-refractivity contribution in [3.63, 3.8) is 0 Å². The molecule has 0 saturated heterocycles. The molecule has 1 N–H and O–H groups in total. The summed E-state index contributed by atoms with van der Waals surface area (Å²) in [7, 11) is 0. The van der Waals surface area contributed by atoms with E-state index in [1.807, 2.05) is 6.07 Å². The van der Waals surface area contributed by atoms with Crippen LogP contribution in [0.15, 0.2) is 29.1 Å². The van der Waals surface area contributed by atoms with Gasteiger partial charge in [-0.1, -0.05) is 18.6 Å². The Kier molecular flexibility index (Phi) is 3.57. The second-order valence-electron chi connectivity index (χ2n) is 5.34. The molecule has 1 heterocycles. The number of pyridine rings is 1. The largest absolute Gasteiger partial charge is 0.325 e. The first kappa shape index (κ1) is 13.6. The molecule has 3 nitrogen and oxygen atoms in total. The maximum absolute atomic E-state index is 13.5. The monoisotopic (exact) mass is 282 g/mol. The van der Waals surface area contributed by atoms with E-state index >= 15 is 0 Å². The molecule has 21 heavy (non-hydrogen) atoms. The molecule has 3 rings (SSSR count). The molecule has 2 aromatic rings. The Labute approximate surface area is 122 Å². The predicted octanol–water partition coefficient (Wildman–Crippen LogP) is 3.32. The summed E-state index contributed by atoms with van der Waals surface area (Å²) in [5, 5.41) is 9.34. The van der Waals surface area contributed by atoms with Gasteiger partial charge in [-0.2, -0.15) is 5.26 Å². The van der Waals surface area contributed by atoms with Gasteiger partial charge in [-0.05, 0) is 48.9 Å². The lowest BCUT2D eigenvalue weighted by Crippen LogP contribution is -2.17. The highest BCUT2D eigenvalue weighted by molar-refractivity contribution is 5.74. The summed E-state index contributed by atoms with van der Waals surface area (Å²) in [4.78, 5) is 15.0. The van der Waals surface area contributed by atoms with E-state index in [0.717, 1.165) is 43.4 Å². The third kappa shape index (κ3) is 2.47. The van der Waals surface area contributed by atoms with Crippen LogP contribution >= 0.6 is 0 Å². The number of aromatic amines is 1. The number of nitrogens with zero attached hydrogens (tertiary/aromatic N) is 1. The van der Waals surface area contributed by atoms with E-state index in [4.69, 9.17) is 0 Å². The molecule has 1 aliphatic carbocycles. The Bertz CT molecular complexity index is 786. The summed E-state index contributed by atoms with van der Waals surface area (Å²) in [5.74, 6) is -0.362. The van der Waals surface area contributed by atoms with E-state index in [9.17, 15) is 14.4 Å². The molecule has 0 amide bonds. The minimum absolute atomic E-state index is 0.0845. The van der Waals surface area contributed by atoms with Gasteiger partial charge < -0.3 is 4.98 Å². The van der Waals surface area contributed by atoms with Gasteiger partial charge in [0.25, 0.3) is 5.56 Å². The fraction of sp³-hybridized carbons (Fsp3) is 0.294. The maximum Gasteiger partial charge on any atom is 0.266 e. The van der Waals surface area contributed by atoms with Crippen LogP contribution in [0.5, 0.6) is 0 Å². The van der Waals surface area contributed by atoms with Gasteiger partial charge in [0.2, 0.25) is 0 Å². The highest BCUT2D eigenvalue weighted by atomic mass is 19.1. The third-order valence-corrected chi connectivity index (χ3v) is 3.99. The van der Waals surface area contributed by atoms with Crippen molar-refractivity contribution < 1.29 is 4.39 Å². The van der Waals surface area contributed by atoms with E-state index in [1.165, 1.54) is 12.1 Å². The Morgan fingerprint density at radius 2 is 2.00 bits per heavy atom. The van der Waals surface area contributed by atoms with Crippen LogP contribution in [0, 0.1) is 17.1 Å². The zero-order chi connectivity index (χ0) is 14.8. The summed E-state index contributed by atoms with van der Waals surface area (Å²) >= 11 is 0. The number of aryl methyl sites for hydroxylation is 1. The number of nitriles is 1. The standard InChI is InChI=1S/C17H15FN2O/c18-12-6-4-5-11(9-12)16-13-7-2-1-3-8-15(13)20-17(21)14(16)10-19/h4-6,9H,1-3,7-8H2,(H,20,21). The van der Waals surface area contributed by atoms with E-state index in [0.29, 0.717) is 11.1 Å². The number of aromatic nitrogens is 1. The number of rotatable bonds is 1. The van der Waals surface area contributed by atoms with Gasteiger partial charge in [0.05, 0.1) is 0 Å². The second kappa shape index (κ2) is 5.53. The molecule has 0 radical (unpaired) electrons. The SMILES string of the molecule is N#Cc1c(-c2cccc(F)c2)c2c([nH]c1=O)CCCCC2. The van der Waals surface area contributed by atoms with Crippen LogP contribution < -0.4 is 5.56 Å². The van der Waals surface area contributed by atoms with Crippen LogP contribution in [0.3, 0.4) is 0 Å². The fourth-order valence-electron chi connectivity index (χ4n) is 3.03. The first-order valence-corrected chi connectivity index (χ1v) is 7.15. The molecule has 0 aliphatic heterocycles. The number of hydrogen-bond acceptors (Lipinski definition) is 2. The minimum atomic E-state index is -0.377. The average Bonchev–Trinajstić information content (AvgIpc) is 2.70. The maximum atomic E-state index is 13.5. The molecule has 1 aromatic heterocycles. The van der Waals surface area contributed by atoms with Crippen molar-refractivity contribution in [1.82, 2.24) is 4.98 Å². The summed E-state index contributed by atoms with van der Waals surface area (Å²) in [6.07, 6.45) is 4.76. The second-order valence-corrected chi connectivity index (χ2v) is 5.34. The van der Waals surface area contributed by atoms with E-state index in [1.54, 1.807) is 12.1 Å². The molecule has 4 heteroatoms. The highest BCUT2D eigenvalue weighted by Crippen LogP contribution is 2.31. The molecule has 0 bridgehead atoms. The summed E-state index contributed by atoms with van der Waals surface area (Å²) in [6, 6.07) is 8.10. The van der Waals surface area contributed by atoms with Crippen molar-refractivity contribution in [2.24, 2.45) is 0 Å². The lowest BCUT2D eigenvalue weighted by atomic mass is 9.92. The fourth-order valence-corrected chi connectivity index (χ4v) is 3.03. The van der Waals surface area contributed by atoms with E-state index < -0.39 is 0 Å². The van der Waals surface area contributed by atoms with Gasteiger partial charge in [0.15, 0.2) is 0 Å². The van der Waals surface area contributed by atoms with Gasteiger partial charge in [-0.15, -0.1) is 0 Å². The lowest BCUT2D eigenvalue weighted by molar-refractivity contribution is 0.628. The first-order chi connectivity index (χ1) is 10.2. The summed E-state index contributed by atoms with van der Waals surface area (Å²) in [5.41, 5.74) is 2.82. The van der Waals surface area contributed by atoms with Gasteiger partial charge >= 0.3 is 0 Å². The van der Waals surface area contributed by atoms with Crippen LogP contribution in [0.4, 0.5) is 4.39 Å². The lowest BCUT2D eigenvalue weighted by Gasteiger charge is -2.14. The van der Waals surface area contributed by atoms with Crippen LogP contribution in [0.2, 0.25) is 0 Å². The number of benzene rings is 1. The van der Waals surface area contributed by atoms with E-state index in [-0.39, 0.29) is 16.9 Å². The highest BCUT2D eigenvalue weighted by Gasteiger charge is 2.20. The minimum Gasteiger partial charge on any atom is -0.325 e. The Morgan fingerprint density at radius 3 is 2.76 bits per heavy atom. The summed E-state index contributed by atoms with van der Waals surface area (Å²) in [6.45, 7) is 0. The molecule has 1 aromatic carbocycles. The molecule has 0 saturated carbocycles. The molecular weight excluding hydrogens is 267 g/mol. The van der Waals surface area contributed by atoms with E-state index in [2.05, 4.69) is 4.98 Å². The number of fused-ring (bicyclic) bond motifs is 1. The smallest absolute Gasteiger partial charge is 0.266 e. The number of halogens is 1. The van der Waals surface area contributed by atoms with Gasteiger partial charge in [-0.3, -0.25) is 4.79 Å². The van der Waals surface area contributed by atoms with Crippen LogP contribution in [-0.4, -0.2) is 4.98 Å². The quantitative estimate of drug-likeness (QED) is 0.816. The molecule has 1 aliphatic rings. The number of nitrogens with one attached hydrogen (secondary N) is 1. The van der Waals surface area contributed by atoms with Crippen molar-refractivity contribution >= 4 is 0 Å². The molecule has 0 fully saturated rings. The van der Waals surface area contributed by atoms with Crippen molar-refractivity contribution in [1.29, 1.82) is 5.26 Å². The number of H-pyrrole nitrogens is 1. The predicted molar refractivity (Wildman–Crippen MR) is 78.4 cm³/mol. The normalized spacial score (nSPS) is 14.1. The van der Waals surface area contributed by atoms with Crippen molar-refractivity contribution in [2.75, 3.05) is 0 Å². The molecule has 106 valence electrons. The summed E-state index contributed by atoms with van der Waals surface area (Å²) < 4.78 is 13.5. The van der Waals surface area contributed by atoms with Crippen molar-refractivity contribution in [3.8, 4) is 17.2 Å². The molecular formula is C17H15FN2O. The van der Waals surface area contributed by atoms with Gasteiger partial charge in [-0.25, -0.2) is 4.39 Å². The van der Waals surface area contributed by atoms with Crippen LogP contribution in [-0.2, 0) is 12.8 Å². The van der Waals surface area contributed by atoms with Crippen LogP contribution in [0.1, 0.15) is 36.1 Å². The molecule has 0 unspecified atom stereocenters. The Hall–Kier alpha value is -2.41. The zero-order valence-corrected chi connectivity index (χ0v) is 11.6. The topological polar surface area (TPSA) is 56.6 Å².